The van der Waals surface area contributed by atoms with Crippen molar-refractivity contribution in [1.82, 2.24) is 0 Å². The first-order valence-electron chi connectivity index (χ1n) is 8.84. The molecule has 0 saturated heterocycles. The number of rotatable bonds is 2. The SMILES string of the molecule is O=C(c1ccccc1C(F)(F)F)N1CC(c2ccccc2)Nc2ccccc21. The van der Waals surface area contributed by atoms with Gasteiger partial charge in [0.2, 0.25) is 0 Å². The van der Waals surface area contributed by atoms with Gasteiger partial charge in [-0.2, -0.15) is 13.2 Å². The van der Waals surface area contributed by atoms with Crippen LogP contribution >= 0.6 is 0 Å². The lowest BCUT2D eigenvalue weighted by molar-refractivity contribution is -0.137. The smallest absolute Gasteiger partial charge is 0.375 e. The van der Waals surface area contributed by atoms with Crippen LogP contribution < -0.4 is 10.2 Å². The van der Waals surface area contributed by atoms with Crippen molar-refractivity contribution in [3.8, 4) is 0 Å². The van der Waals surface area contributed by atoms with Crippen molar-refractivity contribution in [1.29, 1.82) is 0 Å². The number of benzene rings is 3. The fourth-order valence-corrected chi connectivity index (χ4v) is 3.47. The summed E-state index contributed by atoms with van der Waals surface area (Å²) < 4.78 is 40.3. The second-order valence-electron chi connectivity index (χ2n) is 6.58. The van der Waals surface area contributed by atoms with Gasteiger partial charge in [0.25, 0.3) is 5.91 Å². The van der Waals surface area contributed by atoms with Gasteiger partial charge in [-0.05, 0) is 29.8 Å². The van der Waals surface area contributed by atoms with E-state index in [2.05, 4.69) is 5.32 Å². The number of hydrogen-bond acceptors (Lipinski definition) is 2. The largest absolute Gasteiger partial charge is 0.417 e. The van der Waals surface area contributed by atoms with Crippen LogP contribution in [-0.4, -0.2) is 12.5 Å². The van der Waals surface area contributed by atoms with E-state index in [1.54, 1.807) is 12.1 Å². The Bertz CT molecular complexity index is 1000. The summed E-state index contributed by atoms with van der Waals surface area (Å²) in [7, 11) is 0. The first-order valence-corrected chi connectivity index (χ1v) is 8.84. The van der Waals surface area contributed by atoms with Crippen LogP contribution in [0.4, 0.5) is 24.5 Å². The molecule has 3 nitrogen and oxygen atoms in total. The summed E-state index contributed by atoms with van der Waals surface area (Å²) in [6.45, 7) is 0.228. The maximum atomic E-state index is 13.4. The Morgan fingerprint density at radius 3 is 2.29 bits per heavy atom. The zero-order chi connectivity index (χ0) is 19.7. The zero-order valence-corrected chi connectivity index (χ0v) is 14.8. The molecule has 1 heterocycles. The van der Waals surface area contributed by atoms with E-state index in [1.165, 1.54) is 23.1 Å². The Hall–Kier alpha value is -3.28. The highest BCUT2D eigenvalue weighted by molar-refractivity contribution is 6.09. The van der Waals surface area contributed by atoms with Gasteiger partial charge >= 0.3 is 6.18 Å². The van der Waals surface area contributed by atoms with Gasteiger partial charge in [0.05, 0.1) is 35.1 Å². The van der Waals surface area contributed by atoms with Gasteiger partial charge in [-0.25, -0.2) is 0 Å². The molecule has 1 amide bonds. The monoisotopic (exact) mass is 382 g/mol. The lowest BCUT2D eigenvalue weighted by atomic mass is 10.00. The van der Waals surface area contributed by atoms with Crippen LogP contribution in [0.5, 0.6) is 0 Å². The van der Waals surface area contributed by atoms with E-state index in [0.717, 1.165) is 11.6 Å². The number of carbonyl (C=O) groups is 1. The highest BCUT2D eigenvalue weighted by atomic mass is 19.4. The van der Waals surface area contributed by atoms with E-state index in [9.17, 15) is 18.0 Å². The Morgan fingerprint density at radius 2 is 1.54 bits per heavy atom. The molecule has 1 aliphatic heterocycles. The van der Waals surface area contributed by atoms with Gasteiger partial charge in [0.1, 0.15) is 0 Å². The molecule has 0 bridgehead atoms. The summed E-state index contributed by atoms with van der Waals surface area (Å²) >= 11 is 0. The number of nitrogens with one attached hydrogen (secondary N) is 1. The van der Waals surface area contributed by atoms with Crippen LogP contribution in [0.25, 0.3) is 0 Å². The molecule has 0 radical (unpaired) electrons. The molecular weight excluding hydrogens is 365 g/mol. The summed E-state index contributed by atoms with van der Waals surface area (Å²) in [5.74, 6) is -0.664. The molecule has 0 fully saturated rings. The zero-order valence-electron chi connectivity index (χ0n) is 14.8. The first kappa shape index (κ1) is 18.1. The third-order valence-electron chi connectivity index (χ3n) is 4.80. The average Bonchev–Trinajstić information content (AvgIpc) is 2.72. The molecule has 1 aliphatic rings. The lowest BCUT2D eigenvalue weighted by Crippen LogP contribution is -2.41. The van der Waals surface area contributed by atoms with Gasteiger partial charge in [-0.15, -0.1) is 0 Å². The molecule has 0 spiro atoms. The highest BCUT2D eigenvalue weighted by Crippen LogP contribution is 2.38. The molecule has 0 saturated carbocycles. The van der Waals surface area contributed by atoms with Gasteiger partial charge < -0.3 is 10.2 Å². The molecule has 28 heavy (non-hydrogen) atoms. The fraction of sp³-hybridized carbons (Fsp3) is 0.136. The second-order valence-corrected chi connectivity index (χ2v) is 6.58. The summed E-state index contributed by atoms with van der Waals surface area (Å²) in [5, 5.41) is 3.38. The average molecular weight is 382 g/mol. The number of carbonyl (C=O) groups excluding carboxylic acids is 1. The Kier molecular flexibility index (Phi) is 4.55. The maximum absolute atomic E-state index is 13.4. The summed E-state index contributed by atoms with van der Waals surface area (Å²) in [6, 6.07) is 21.4. The quantitative estimate of drug-likeness (QED) is 0.633. The van der Waals surface area contributed by atoms with Crippen LogP contribution in [0.2, 0.25) is 0 Å². The summed E-state index contributed by atoms with van der Waals surface area (Å²) in [5.41, 5.74) is 0.960. The predicted octanol–water partition coefficient (Wildman–Crippen LogP) is 5.52. The Morgan fingerprint density at radius 1 is 0.893 bits per heavy atom. The van der Waals surface area contributed by atoms with E-state index in [-0.39, 0.29) is 18.2 Å². The van der Waals surface area contributed by atoms with Crippen molar-refractivity contribution < 1.29 is 18.0 Å². The van der Waals surface area contributed by atoms with Crippen molar-refractivity contribution in [2.75, 3.05) is 16.8 Å². The Labute approximate surface area is 160 Å². The molecular formula is C22H17F3N2O. The van der Waals surface area contributed by atoms with Crippen LogP contribution in [-0.2, 0) is 6.18 Å². The topological polar surface area (TPSA) is 32.3 Å². The minimum absolute atomic E-state index is 0.224. The van der Waals surface area contributed by atoms with Crippen molar-refractivity contribution in [2.24, 2.45) is 0 Å². The van der Waals surface area contributed by atoms with Crippen molar-refractivity contribution in [2.45, 2.75) is 12.2 Å². The molecule has 1 unspecified atom stereocenters. The number of hydrogen-bond donors (Lipinski definition) is 1. The summed E-state index contributed by atoms with van der Waals surface area (Å²) in [4.78, 5) is 14.6. The third-order valence-corrected chi connectivity index (χ3v) is 4.80. The molecule has 6 heteroatoms. The van der Waals surface area contributed by atoms with Gasteiger partial charge in [-0.3, -0.25) is 4.79 Å². The summed E-state index contributed by atoms with van der Waals surface area (Å²) in [6.07, 6.45) is -4.60. The van der Waals surface area contributed by atoms with Crippen LogP contribution in [0.1, 0.15) is 27.5 Å². The van der Waals surface area contributed by atoms with Crippen molar-refractivity contribution in [3.63, 3.8) is 0 Å². The number of para-hydroxylation sites is 2. The fourth-order valence-electron chi connectivity index (χ4n) is 3.47. The number of amides is 1. The molecule has 1 N–H and O–H groups in total. The number of alkyl halides is 3. The van der Waals surface area contributed by atoms with E-state index >= 15 is 0 Å². The molecule has 142 valence electrons. The van der Waals surface area contributed by atoms with Gasteiger partial charge in [0.15, 0.2) is 0 Å². The molecule has 1 atom stereocenters. The molecule has 3 aromatic rings. The number of anilines is 2. The lowest BCUT2D eigenvalue weighted by Gasteiger charge is -2.36. The minimum Gasteiger partial charge on any atom is -0.375 e. The van der Waals surface area contributed by atoms with Crippen LogP contribution in [0, 0.1) is 0 Å². The van der Waals surface area contributed by atoms with E-state index < -0.39 is 17.6 Å². The molecule has 4 rings (SSSR count). The minimum atomic E-state index is -4.60. The second kappa shape index (κ2) is 7.03. The number of nitrogens with zero attached hydrogens (tertiary/aromatic N) is 1. The van der Waals surface area contributed by atoms with Crippen molar-refractivity contribution in [3.05, 3.63) is 95.6 Å². The standard InChI is InChI=1S/C22H17F3N2O/c23-22(24,25)17-11-5-4-10-16(17)21(28)27-14-19(15-8-2-1-3-9-15)26-18-12-6-7-13-20(18)27/h1-13,19,26H,14H2. The maximum Gasteiger partial charge on any atom is 0.417 e. The number of fused-ring (bicyclic) bond motifs is 1. The van der Waals surface area contributed by atoms with E-state index in [4.69, 9.17) is 0 Å². The predicted molar refractivity (Wildman–Crippen MR) is 102 cm³/mol. The molecule has 3 aromatic carbocycles. The highest BCUT2D eigenvalue weighted by Gasteiger charge is 2.37. The van der Waals surface area contributed by atoms with Crippen LogP contribution in [0.15, 0.2) is 78.9 Å². The van der Waals surface area contributed by atoms with Gasteiger partial charge in [0, 0.05) is 0 Å². The van der Waals surface area contributed by atoms with E-state index in [1.807, 2.05) is 42.5 Å². The number of halogens is 3. The van der Waals surface area contributed by atoms with E-state index in [0.29, 0.717) is 11.4 Å². The van der Waals surface area contributed by atoms with Gasteiger partial charge in [-0.1, -0.05) is 54.6 Å². The normalized spacial score (nSPS) is 16.2. The third kappa shape index (κ3) is 3.33. The first-order chi connectivity index (χ1) is 13.4. The van der Waals surface area contributed by atoms with Crippen molar-refractivity contribution >= 4 is 17.3 Å². The van der Waals surface area contributed by atoms with Crippen LogP contribution in [0.3, 0.4) is 0 Å². The Balaban J connectivity index is 1.77. The molecule has 0 aliphatic carbocycles. The molecule has 0 aromatic heterocycles.